The Kier molecular flexibility index (Phi) is 6.66. The molecule has 2 amide bonds. The second-order valence-electron chi connectivity index (χ2n) is 7.25. The molecule has 0 radical (unpaired) electrons. The molecule has 10 nitrogen and oxygen atoms in total. The van der Waals surface area contributed by atoms with Gasteiger partial charge in [-0.15, -0.1) is 22.0 Å². The summed E-state index contributed by atoms with van der Waals surface area (Å²) < 4.78 is 3.06. The average Bonchev–Trinajstić information content (AvgIpc) is 3.33. The molecule has 0 aromatic carbocycles. The molecule has 1 fully saturated rings. The van der Waals surface area contributed by atoms with Crippen molar-refractivity contribution in [3.8, 4) is 0 Å². The molecule has 14 heteroatoms. The number of nitrogens with zero attached hydrogens (tertiary/aromatic N) is 5. The molecule has 3 atom stereocenters. The van der Waals surface area contributed by atoms with Crippen LogP contribution in [0.2, 0.25) is 0 Å². The molecule has 0 unspecified atom stereocenters. The monoisotopic (exact) mass is 558 g/mol. The predicted octanol–water partition coefficient (Wildman–Crippen LogP) is 2.21. The topological polar surface area (TPSA) is 130 Å². The van der Waals surface area contributed by atoms with Crippen molar-refractivity contribution >= 4 is 68.6 Å². The fourth-order valence-corrected chi connectivity index (χ4v) is 6.92. The zero-order chi connectivity index (χ0) is 23.2. The summed E-state index contributed by atoms with van der Waals surface area (Å²) in [6.45, 7) is 5.36. The number of nitrogens with one attached hydrogen (secondary N) is 1. The minimum absolute atomic E-state index is 0.00216. The quantitative estimate of drug-likeness (QED) is 0.387. The third-order valence-electron chi connectivity index (χ3n) is 5.06. The lowest BCUT2D eigenvalue weighted by molar-refractivity contribution is -0.151. The van der Waals surface area contributed by atoms with Crippen molar-refractivity contribution < 1.29 is 19.5 Å². The third-order valence-corrected chi connectivity index (χ3v) is 9.23. The largest absolute Gasteiger partial charge is 0.477 e. The molecule has 2 N–H and O–H groups in total. The van der Waals surface area contributed by atoms with Crippen LogP contribution in [0, 0.1) is 13.8 Å². The van der Waals surface area contributed by atoms with Crippen molar-refractivity contribution in [3.05, 3.63) is 32.6 Å². The first-order valence-corrected chi connectivity index (χ1v) is 13.2. The Balaban J connectivity index is 1.45. The number of hydrogen-bond donors (Lipinski definition) is 2. The zero-order valence-corrected chi connectivity index (χ0v) is 21.3. The van der Waals surface area contributed by atoms with Gasteiger partial charge >= 0.3 is 5.97 Å². The first-order valence-electron chi connectivity index (χ1n) is 9.52. The number of carbonyl (C=O) groups excluding carboxylic acids is 2. The molecule has 2 aliphatic rings. The van der Waals surface area contributed by atoms with Gasteiger partial charge in [-0.2, -0.15) is 5.10 Å². The number of halogens is 1. The normalized spacial score (nSPS) is 21.2. The van der Waals surface area contributed by atoms with E-state index in [4.69, 9.17) is 0 Å². The van der Waals surface area contributed by atoms with Gasteiger partial charge in [-0.25, -0.2) is 4.79 Å². The molecule has 2 aromatic rings. The van der Waals surface area contributed by atoms with Gasteiger partial charge in [-0.05, 0) is 42.3 Å². The molecule has 0 bridgehead atoms. The summed E-state index contributed by atoms with van der Waals surface area (Å²) in [7, 11) is 0. The highest BCUT2D eigenvalue weighted by Gasteiger charge is 2.54. The van der Waals surface area contributed by atoms with Crippen LogP contribution in [0.1, 0.15) is 23.7 Å². The van der Waals surface area contributed by atoms with Crippen LogP contribution in [0.3, 0.4) is 0 Å². The Labute approximate surface area is 204 Å². The number of rotatable bonds is 7. The molecule has 0 aliphatic carbocycles. The molecule has 4 heterocycles. The highest BCUT2D eigenvalue weighted by atomic mass is 79.9. The van der Waals surface area contributed by atoms with E-state index in [0.717, 1.165) is 19.5 Å². The highest BCUT2D eigenvalue weighted by molar-refractivity contribution is 9.10. The number of carbonyl (C=O) groups is 3. The SMILES string of the molecule is Cc1nnc(SCC2=C(C(=O)O)N3C(=O)[C@H](NC(=O)[C@@H](C)n4cc(Br)c(C)n4)[C@H]3SC2)s1. The van der Waals surface area contributed by atoms with Crippen molar-refractivity contribution in [1.82, 2.24) is 30.2 Å². The zero-order valence-electron chi connectivity index (χ0n) is 17.2. The van der Waals surface area contributed by atoms with E-state index in [-0.39, 0.29) is 11.6 Å². The number of hydrogen-bond acceptors (Lipinski definition) is 9. The highest BCUT2D eigenvalue weighted by Crippen LogP contribution is 2.42. The Morgan fingerprint density at radius 3 is 2.75 bits per heavy atom. The van der Waals surface area contributed by atoms with Crippen molar-refractivity contribution in [1.29, 1.82) is 0 Å². The summed E-state index contributed by atoms with van der Waals surface area (Å²) in [6.07, 6.45) is 1.71. The number of thioether (sulfide) groups is 2. The number of amides is 2. The maximum atomic E-state index is 12.8. The van der Waals surface area contributed by atoms with Crippen LogP contribution in [0.25, 0.3) is 0 Å². The summed E-state index contributed by atoms with van der Waals surface area (Å²) in [5, 5.41) is 25.2. The maximum absolute atomic E-state index is 12.8. The number of fused-ring (bicyclic) bond motifs is 1. The number of carboxylic acid groups (broad SMARTS) is 1. The minimum Gasteiger partial charge on any atom is -0.477 e. The molecule has 2 aromatic heterocycles. The van der Waals surface area contributed by atoms with Crippen LogP contribution in [0.5, 0.6) is 0 Å². The van der Waals surface area contributed by atoms with Gasteiger partial charge in [0.25, 0.3) is 5.91 Å². The van der Waals surface area contributed by atoms with E-state index in [1.807, 2.05) is 13.8 Å². The van der Waals surface area contributed by atoms with Crippen LogP contribution >= 0.6 is 50.8 Å². The summed E-state index contributed by atoms with van der Waals surface area (Å²) in [4.78, 5) is 38.8. The van der Waals surface area contributed by atoms with Crippen LogP contribution in [-0.4, -0.2) is 70.7 Å². The van der Waals surface area contributed by atoms with E-state index in [0.29, 0.717) is 17.1 Å². The van der Waals surface area contributed by atoms with Gasteiger partial charge in [-0.1, -0.05) is 23.1 Å². The van der Waals surface area contributed by atoms with Gasteiger partial charge in [0, 0.05) is 17.7 Å². The summed E-state index contributed by atoms with van der Waals surface area (Å²) in [5.74, 6) is -1.07. The number of β-lactam (4-membered cyclic amide) rings is 1. The Morgan fingerprint density at radius 2 is 2.16 bits per heavy atom. The second-order valence-corrected chi connectivity index (χ2v) is 11.6. The van der Waals surface area contributed by atoms with E-state index in [1.165, 1.54) is 44.4 Å². The van der Waals surface area contributed by atoms with E-state index >= 15 is 0 Å². The van der Waals surface area contributed by atoms with E-state index in [9.17, 15) is 19.5 Å². The Bertz CT molecular complexity index is 1110. The van der Waals surface area contributed by atoms with Crippen molar-refractivity contribution in [2.75, 3.05) is 11.5 Å². The molecular formula is C18H19BrN6O4S3. The van der Waals surface area contributed by atoms with Crippen molar-refractivity contribution in [3.63, 3.8) is 0 Å². The first-order chi connectivity index (χ1) is 15.2. The fraction of sp³-hybridized carbons (Fsp3) is 0.444. The number of aryl methyl sites for hydroxylation is 2. The standard InChI is InChI=1S/C18H19BrN6O4S3/c1-7-11(19)4-24(23-7)8(2)14(26)20-12-15(27)25-13(17(28)29)10(5-30-16(12)25)6-31-18-22-21-9(3)32-18/h4,8,12,16H,5-6H2,1-3H3,(H,20,26)(H,28,29)/t8-,12+,16-/m1/s1. The molecule has 0 saturated carbocycles. The summed E-state index contributed by atoms with van der Waals surface area (Å²) in [6, 6.07) is -1.39. The lowest BCUT2D eigenvalue weighted by atomic mass is 10.0. The molecule has 0 spiro atoms. The maximum Gasteiger partial charge on any atom is 0.352 e. The smallest absolute Gasteiger partial charge is 0.352 e. The summed E-state index contributed by atoms with van der Waals surface area (Å²) in [5.41, 5.74) is 1.40. The van der Waals surface area contributed by atoms with Gasteiger partial charge in [-0.3, -0.25) is 19.2 Å². The third kappa shape index (κ3) is 4.32. The number of aliphatic carboxylic acids is 1. The number of carboxylic acids is 1. The molecule has 1 saturated heterocycles. The second kappa shape index (κ2) is 9.15. The molecule has 170 valence electrons. The van der Waals surface area contributed by atoms with Crippen LogP contribution in [-0.2, 0) is 14.4 Å². The fourth-order valence-electron chi connectivity index (χ4n) is 3.33. The average molecular weight is 559 g/mol. The predicted molar refractivity (Wildman–Crippen MR) is 124 cm³/mol. The minimum atomic E-state index is -1.15. The van der Waals surface area contributed by atoms with E-state index < -0.39 is 29.3 Å². The van der Waals surface area contributed by atoms with Gasteiger partial charge < -0.3 is 10.4 Å². The van der Waals surface area contributed by atoms with Gasteiger partial charge in [0.1, 0.15) is 28.2 Å². The van der Waals surface area contributed by atoms with Crippen LogP contribution in [0.4, 0.5) is 0 Å². The number of aromatic nitrogens is 4. The van der Waals surface area contributed by atoms with Gasteiger partial charge in [0.2, 0.25) is 5.91 Å². The van der Waals surface area contributed by atoms with E-state index in [1.54, 1.807) is 13.1 Å². The molecule has 4 rings (SSSR count). The first kappa shape index (κ1) is 23.3. The Hall–Kier alpha value is -1.90. The van der Waals surface area contributed by atoms with Gasteiger partial charge in [0.15, 0.2) is 4.34 Å². The molecule has 2 aliphatic heterocycles. The van der Waals surface area contributed by atoms with Crippen LogP contribution in [0.15, 0.2) is 26.3 Å². The lowest BCUT2D eigenvalue weighted by Gasteiger charge is -2.49. The van der Waals surface area contributed by atoms with Crippen molar-refractivity contribution in [2.24, 2.45) is 0 Å². The molecule has 32 heavy (non-hydrogen) atoms. The van der Waals surface area contributed by atoms with Crippen LogP contribution < -0.4 is 5.32 Å². The van der Waals surface area contributed by atoms with Gasteiger partial charge in [0.05, 0.1) is 10.2 Å². The van der Waals surface area contributed by atoms with E-state index in [2.05, 4.69) is 36.5 Å². The lowest BCUT2D eigenvalue weighted by Crippen LogP contribution is -2.71. The molecular weight excluding hydrogens is 540 g/mol. The summed E-state index contributed by atoms with van der Waals surface area (Å²) >= 11 is 7.65. The Morgan fingerprint density at radius 1 is 1.41 bits per heavy atom. The van der Waals surface area contributed by atoms with Crippen molar-refractivity contribution in [2.45, 2.75) is 42.6 Å².